The summed E-state index contributed by atoms with van der Waals surface area (Å²) in [6.45, 7) is 3.69. The van der Waals surface area contributed by atoms with Crippen molar-refractivity contribution in [1.29, 1.82) is 0 Å². The molecule has 0 saturated carbocycles. The molecule has 0 unspecified atom stereocenters. The lowest BCUT2D eigenvalue weighted by molar-refractivity contribution is -0.132. The van der Waals surface area contributed by atoms with Crippen LogP contribution in [0.2, 0.25) is 0 Å². The number of amides is 1. The van der Waals surface area contributed by atoms with E-state index in [0.29, 0.717) is 17.0 Å². The summed E-state index contributed by atoms with van der Waals surface area (Å²) in [5, 5.41) is 12.6. The fraction of sp³-hybridized carbons (Fsp3) is 0.158. The lowest BCUT2D eigenvalue weighted by Gasteiger charge is -2.10. The fourth-order valence-electron chi connectivity index (χ4n) is 2.24. The number of aryl methyl sites for hydroxylation is 2. The van der Waals surface area contributed by atoms with Gasteiger partial charge < -0.3 is 15.2 Å². The van der Waals surface area contributed by atoms with Gasteiger partial charge in [0.15, 0.2) is 0 Å². The molecule has 2 aromatic rings. The van der Waals surface area contributed by atoms with Crippen LogP contribution in [0.4, 0.5) is 5.69 Å². The Morgan fingerprint density at radius 1 is 1.08 bits per heavy atom. The second kappa shape index (κ2) is 7.46. The largest absolute Gasteiger partial charge is 0.507 e. The molecular weight excluding hydrogens is 306 g/mol. The maximum Gasteiger partial charge on any atom is 0.296 e. The van der Waals surface area contributed by atoms with Crippen LogP contribution in [0, 0.1) is 13.8 Å². The van der Waals surface area contributed by atoms with E-state index in [1.54, 1.807) is 24.3 Å². The number of rotatable bonds is 5. The van der Waals surface area contributed by atoms with Crippen LogP contribution in [0.5, 0.6) is 5.75 Å². The van der Waals surface area contributed by atoms with Crippen LogP contribution in [0.15, 0.2) is 48.5 Å². The van der Waals surface area contributed by atoms with E-state index in [0.717, 1.165) is 17.2 Å². The highest BCUT2D eigenvalue weighted by Crippen LogP contribution is 2.20. The first-order valence-corrected chi connectivity index (χ1v) is 7.39. The van der Waals surface area contributed by atoms with Gasteiger partial charge in [-0.25, -0.2) is 0 Å². The van der Waals surface area contributed by atoms with Gasteiger partial charge >= 0.3 is 0 Å². The Morgan fingerprint density at radius 2 is 1.71 bits per heavy atom. The van der Waals surface area contributed by atoms with Gasteiger partial charge in [-0.15, -0.1) is 0 Å². The summed E-state index contributed by atoms with van der Waals surface area (Å²) in [5.74, 6) is -1.39. The molecule has 24 heavy (non-hydrogen) atoms. The molecule has 0 aliphatic heterocycles. The standard InChI is InChI=1S/C19H19NO4/c1-12-6-4-7-13(2)18(12)20-19(23)17(22)11-16(21)14-8-5-9-15(10-14)24-3/h4-11,21H,1-3H3,(H,20,23)/b16-11-. The van der Waals surface area contributed by atoms with Crippen molar-refractivity contribution in [2.75, 3.05) is 12.4 Å². The van der Waals surface area contributed by atoms with Crippen molar-refractivity contribution in [1.82, 2.24) is 0 Å². The van der Waals surface area contributed by atoms with E-state index < -0.39 is 11.7 Å². The minimum atomic E-state index is -0.835. The summed E-state index contributed by atoms with van der Waals surface area (Å²) in [4.78, 5) is 24.1. The van der Waals surface area contributed by atoms with Gasteiger partial charge in [-0.2, -0.15) is 0 Å². The number of aliphatic hydroxyl groups excluding tert-OH is 1. The lowest BCUT2D eigenvalue weighted by Crippen LogP contribution is -2.22. The Morgan fingerprint density at radius 3 is 2.33 bits per heavy atom. The Kier molecular flexibility index (Phi) is 5.37. The first-order valence-electron chi connectivity index (χ1n) is 7.39. The van der Waals surface area contributed by atoms with Crippen molar-refractivity contribution >= 4 is 23.1 Å². The number of anilines is 1. The molecule has 2 aromatic carbocycles. The number of nitrogens with one attached hydrogen (secondary N) is 1. The summed E-state index contributed by atoms with van der Waals surface area (Å²) >= 11 is 0. The monoisotopic (exact) mass is 325 g/mol. The summed E-state index contributed by atoms with van der Waals surface area (Å²) in [7, 11) is 1.50. The first-order chi connectivity index (χ1) is 11.4. The number of hydrogen-bond acceptors (Lipinski definition) is 4. The molecule has 5 nitrogen and oxygen atoms in total. The smallest absolute Gasteiger partial charge is 0.296 e. The van der Waals surface area contributed by atoms with E-state index in [1.807, 2.05) is 32.0 Å². The van der Waals surface area contributed by atoms with Gasteiger partial charge in [0.1, 0.15) is 11.5 Å². The van der Waals surface area contributed by atoms with E-state index in [9.17, 15) is 14.7 Å². The number of carbonyl (C=O) groups excluding carboxylic acids is 2. The molecule has 1 amide bonds. The molecule has 0 radical (unpaired) electrons. The molecule has 124 valence electrons. The van der Waals surface area contributed by atoms with Gasteiger partial charge in [0, 0.05) is 17.3 Å². The van der Waals surface area contributed by atoms with Crippen LogP contribution in [0.3, 0.4) is 0 Å². The molecule has 0 aliphatic rings. The van der Waals surface area contributed by atoms with Crippen LogP contribution in [0.1, 0.15) is 16.7 Å². The number of aliphatic hydroxyl groups is 1. The average molecular weight is 325 g/mol. The molecule has 0 heterocycles. The van der Waals surface area contributed by atoms with Gasteiger partial charge in [-0.1, -0.05) is 30.3 Å². The minimum absolute atomic E-state index is 0.296. The van der Waals surface area contributed by atoms with Crippen LogP contribution >= 0.6 is 0 Å². The third-order valence-electron chi connectivity index (χ3n) is 3.58. The predicted molar refractivity (Wildman–Crippen MR) is 93.2 cm³/mol. The van der Waals surface area contributed by atoms with E-state index in [1.165, 1.54) is 7.11 Å². The molecule has 5 heteroatoms. The summed E-state index contributed by atoms with van der Waals surface area (Å²) in [6, 6.07) is 12.1. The molecular formula is C19H19NO4. The number of ether oxygens (including phenoxy) is 1. The van der Waals surface area contributed by atoms with Crippen molar-refractivity contribution < 1.29 is 19.4 Å². The average Bonchev–Trinajstić information content (AvgIpc) is 2.58. The summed E-state index contributed by atoms with van der Waals surface area (Å²) < 4.78 is 5.06. The van der Waals surface area contributed by atoms with Gasteiger partial charge in [-0.05, 0) is 37.1 Å². The van der Waals surface area contributed by atoms with Crippen molar-refractivity contribution in [3.8, 4) is 5.75 Å². The SMILES string of the molecule is COc1cccc(/C(O)=C/C(=O)C(=O)Nc2c(C)cccc2C)c1. The number of benzene rings is 2. The number of carbonyl (C=O) groups is 2. The van der Waals surface area contributed by atoms with Crippen LogP contribution < -0.4 is 10.1 Å². The second-order valence-corrected chi connectivity index (χ2v) is 5.35. The molecule has 0 atom stereocenters. The van der Waals surface area contributed by atoms with E-state index in [4.69, 9.17) is 4.74 Å². The van der Waals surface area contributed by atoms with Crippen LogP contribution in [-0.4, -0.2) is 23.9 Å². The Hall–Kier alpha value is -3.08. The number of para-hydroxylation sites is 1. The van der Waals surface area contributed by atoms with Gasteiger partial charge in [0.25, 0.3) is 5.91 Å². The zero-order valence-corrected chi connectivity index (χ0v) is 13.8. The van der Waals surface area contributed by atoms with E-state index >= 15 is 0 Å². The topological polar surface area (TPSA) is 75.6 Å². The molecule has 0 spiro atoms. The zero-order chi connectivity index (χ0) is 17.7. The fourth-order valence-corrected chi connectivity index (χ4v) is 2.24. The zero-order valence-electron chi connectivity index (χ0n) is 13.8. The Bertz CT molecular complexity index is 789. The Balaban J connectivity index is 2.17. The van der Waals surface area contributed by atoms with Crippen molar-refractivity contribution in [3.05, 3.63) is 65.2 Å². The van der Waals surface area contributed by atoms with Crippen molar-refractivity contribution in [2.45, 2.75) is 13.8 Å². The van der Waals surface area contributed by atoms with Gasteiger partial charge in [-0.3, -0.25) is 9.59 Å². The second-order valence-electron chi connectivity index (χ2n) is 5.35. The molecule has 0 aliphatic carbocycles. The van der Waals surface area contributed by atoms with E-state index in [-0.39, 0.29) is 5.76 Å². The first kappa shape index (κ1) is 17.3. The van der Waals surface area contributed by atoms with Gasteiger partial charge in [0.05, 0.1) is 7.11 Å². The summed E-state index contributed by atoms with van der Waals surface area (Å²) in [6.07, 6.45) is 0.901. The molecule has 2 rings (SSSR count). The van der Waals surface area contributed by atoms with Crippen LogP contribution in [-0.2, 0) is 9.59 Å². The Labute approximate surface area is 140 Å². The lowest BCUT2D eigenvalue weighted by atomic mass is 10.1. The number of methoxy groups -OCH3 is 1. The highest BCUT2D eigenvalue weighted by Gasteiger charge is 2.15. The number of hydrogen-bond donors (Lipinski definition) is 2. The predicted octanol–water partition coefficient (Wildman–Crippen LogP) is 3.42. The maximum atomic E-state index is 12.1. The van der Waals surface area contributed by atoms with Crippen molar-refractivity contribution in [2.24, 2.45) is 0 Å². The molecule has 0 aromatic heterocycles. The van der Waals surface area contributed by atoms with Gasteiger partial charge in [0.2, 0.25) is 5.78 Å². The normalized spacial score (nSPS) is 11.0. The quantitative estimate of drug-likeness (QED) is 0.502. The highest BCUT2D eigenvalue weighted by atomic mass is 16.5. The molecule has 2 N–H and O–H groups in total. The van der Waals surface area contributed by atoms with Crippen molar-refractivity contribution in [3.63, 3.8) is 0 Å². The third-order valence-corrected chi connectivity index (χ3v) is 3.58. The number of ketones is 1. The minimum Gasteiger partial charge on any atom is -0.507 e. The van der Waals surface area contributed by atoms with E-state index in [2.05, 4.69) is 5.32 Å². The molecule has 0 fully saturated rings. The van der Waals surface area contributed by atoms with Crippen LogP contribution in [0.25, 0.3) is 5.76 Å². The third kappa shape index (κ3) is 4.01. The summed E-state index contributed by atoms with van der Waals surface area (Å²) in [5.41, 5.74) is 2.71. The molecule has 0 bridgehead atoms. The maximum absolute atomic E-state index is 12.1. The highest BCUT2D eigenvalue weighted by molar-refractivity contribution is 6.45. The molecule has 0 saturated heterocycles.